The van der Waals surface area contributed by atoms with Gasteiger partial charge in [-0.2, -0.15) is 4.98 Å². The Balaban J connectivity index is 1.58. The second-order valence-corrected chi connectivity index (χ2v) is 8.11. The Morgan fingerprint density at radius 1 is 1.08 bits per heavy atom. The summed E-state index contributed by atoms with van der Waals surface area (Å²) in [6.45, 7) is 4.33. The number of anilines is 3. The topological polar surface area (TPSA) is 158 Å². The van der Waals surface area contributed by atoms with Crippen LogP contribution in [0.3, 0.4) is 0 Å². The Morgan fingerprint density at radius 3 is 2.59 bits per heavy atom. The van der Waals surface area contributed by atoms with Crippen molar-refractivity contribution < 1.29 is 24.0 Å². The largest absolute Gasteiger partial charge is 0.459 e. The van der Waals surface area contributed by atoms with Gasteiger partial charge in [-0.25, -0.2) is 14.6 Å². The standard InChI is InChI=1S/C25H28N6O6/c1-17(2)37-23(32)21-15-28-24(29-19-10-6-11-20(14-19)31(34)35)30-22(21)26-12-7-13-27-25(33)36-16-18-8-4-3-5-9-18/h3-6,8-11,14-15,17H,7,12-13,16H2,1-2H3,(H,27,33)(H2,26,28,29,30). The van der Waals surface area contributed by atoms with Crippen molar-refractivity contribution in [2.45, 2.75) is 33.0 Å². The lowest BCUT2D eigenvalue weighted by atomic mass is 10.2. The van der Waals surface area contributed by atoms with E-state index in [4.69, 9.17) is 9.47 Å². The Hall–Kier alpha value is -4.74. The van der Waals surface area contributed by atoms with E-state index in [9.17, 15) is 19.7 Å². The first kappa shape index (κ1) is 26.9. The van der Waals surface area contributed by atoms with Gasteiger partial charge >= 0.3 is 12.1 Å². The van der Waals surface area contributed by atoms with E-state index in [1.54, 1.807) is 19.9 Å². The summed E-state index contributed by atoms with van der Waals surface area (Å²) in [4.78, 5) is 43.4. The summed E-state index contributed by atoms with van der Waals surface area (Å²) in [5.74, 6) is -0.242. The molecule has 0 aliphatic rings. The van der Waals surface area contributed by atoms with Gasteiger partial charge in [0.2, 0.25) is 5.95 Å². The van der Waals surface area contributed by atoms with E-state index in [1.807, 2.05) is 30.3 Å². The fraction of sp³-hybridized carbons (Fsp3) is 0.280. The highest BCUT2D eigenvalue weighted by atomic mass is 16.6. The molecule has 0 atom stereocenters. The van der Waals surface area contributed by atoms with Crippen molar-refractivity contribution >= 4 is 35.2 Å². The molecule has 0 radical (unpaired) electrons. The summed E-state index contributed by atoms with van der Waals surface area (Å²) in [5.41, 5.74) is 1.35. The molecule has 37 heavy (non-hydrogen) atoms. The van der Waals surface area contributed by atoms with Gasteiger partial charge < -0.3 is 25.4 Å². The first-order chi connectivity index (χ1) is 17.8. The minimum atomic E-state index is -0.595. The first-order valence-corrected chi connectivity index (χ1v) is 11.6. The van der Waals surface area contributed by atoms with Crippen LogP contribution < -0.4 is 16.0 Å². The molecule has 1 amide bonds. The highest BCUT2D eigenvalue weighted by Gasteiger charge is 2.18. The molecule has 1 aromatic heterocycles. The molecule has 0 saturated heterocycles. The van der Waals surface area contributed by atoms with Crippen LogP contribution in [0.15, 0.2) is 60.8 Å². The molecule has 194 valence electrons. The van der Waals surface area contributed by atoms with Gasteiger partial charge in [-0.15, -0.1) is 0 Å². The van der Waals surface area contributed by atoms with Crippen molar-refractivity contribution in [3.05, 3.63) is 82.0 Å². The van der Waals surface area contributed by atoms with E-state index in [-0.39, 0.29) is 35.7 Å². The van der Waals surface area contributed by atoms with E-state index >= 15 is 0 Å². The van der Waals surface area contributed by atoms with Crippen LogP contribution in [0, 0.1) is 10.1 Å². The van der Waals surface area contributed by atoms with Crippen molar-refractivity contribution in [3.63, 3.8) is 0 Å². The number of hydrogen-bond donors (Lipinski definition) is 3. The van der Waals surface area contributed by atoms with Gasteiger partial charge in [0.15, 0.2) is 0 Å². The number of rotatable bonds is 12. The monoisotopic (exact) mass is 508 g/mol. The van der Waals surface area contributed by atoms with E-state index < -0.39 is 17.0 Å². The zero-order chi connectivity index (χ0) is 26.6. The second kappa shape index (κ2) is 13.4. The third kappa shape index (κ3) is 8.76. The van der Waals surface area contributed by atoms with Gasteiger partial charge in [0, 0.05) is 37.1 Å². The average Bonchev–Trinajstić information content (AvgIpc) is 2.87. The maximum absolute atomic E-state index is 12.5. The summed E-state index contributed by atoms with van der Waals surface area (Å²) < 4.78 is 10.4. The predicted octanol–water partition coefficient (Wildman–Crippen LogP) is 4.42. The number of ether oxygens (including phenoxy) is 2. The van der Waals surface area contributed by atoms with Gasteiger partial charge in [-0.3, -0.25) is 10.1 Å². The van der Waals surface area contributed by atoms with Gasteiger partial charge in [0.05, 0.1) is 11.0 Å². The number of nitrogens with one attached hydrogen (secondary N) is 3. The molecule has 0 aliphatic carbocycles. The summed E-state index contributed by atoms with van der Waals surface area (Å²) in [6.07, 6.45) is 0.958. The molecular weight excluding hydrogens is 480 g/mol. The zero-order valence-electron chi connectivity index (χ0n) is 20.5. The number of esters is 1. The van der Waals surface area contributed by atoms with E-state index in [0.29, 0.717) is 25.2 Å². The molecule has 3 rings (SSSR count). The van der Waals surface area contributed by atoms with Crippen LogP contribution in [0.4, 0.5) is 27.9 Å². The fourth-order valence-corrected chi connectivity index (χ4v) is 3.09. The quantitative estimate of drug-likeness (QED) is 0.138. The first-order valence-electron chi connectivity index (χ1n) is 11.6. The second-order valence-electron chi connectivity index (χ2n) is 8.11. The molecule has 0 spiro atoms. The minimum Gasteiger partial charge on any atom is -0.459 e. The van der Waals surface area contributed by atoms with E-state index in [2.05, 4.69) is 25.9 Å². The maximum atomic E-state index is 12.5. The lowest BCUT2D eigenvalue weighted by molar-refractivity contribution is -0.384. The molecular formula is C25H28N6O6. The molecule has 0 fully saturated rings. The van der Waals surface area contributed by atoms with Gasteiger partial charge in [0.25, 0.3) is 5.69 Å². The molecule has 0 unspecified atom stereocenters. The van der Waals surface area contributed by atoms with Crippen molar-refractivity contribution in [2.24, 2.45) is 0 Å². The summed E-state index contributed by atoms with van der Waals surface area (Å²) in [5, 5.41) is 19.7. The van der Waals surface area contributed by atoms with Crippen molar-refractivity contribution in [3.8, 4) is 0 Å². The van der Waals surface area contributed by atoms with Crippen molar-refractivity contribution in [2.75, 3.05) is 23.7 Å². The highest BCUT2D eigenvalue weighted by Crippen LogP contribution is 2.22. The van der Waals surface area contributed by atoms with E-state index in [1.165, 1.54) is 24.4 Å². The SMILES string of the molecule is CC(C)OC(=O)c1cnc(Nc2cccc([N+](=O)[O-])c2)nc1NCCCNC(=O)OCc1ccccc1. The molecule has 1 heterocycles. The van der Waals surface area contributed by atoms with Gasteiger partial charge in [-0.1, -0.05) is 36.4 Å². The number of aromatic nitrogens is 2. The molecule has 2 aromatic carbocycles. The van der Waals surface area contributed by atoms with Crippen LogP contribution in [0.2, 0.25) is 0 Å². The van der Waals surface area contributed by atoms with Crippen LogP contribution in [0.5, 0.6) is 0 Å². The third-order valence-corrected chi connectivity index (χ3v) is 4.79. The number of hydrogen-bond acceptors (Lipinski definition) is 10. The maximum Gasteiger partial charge on any atom is 0.407 e. The number of nitrogens with zero attached hydrogens (tertiary/aromatic N) is 3. The molecule has 12 nitrogen and oxygen atoms in total. The minimum absolute atomic E-state index is 0.0877. The fourth-order valence-electron chi connectivity index (χ4n) is 3.09. The number of benzene rings is 2. The molecule has 0 aliphatic heterocycles. The third-order valence-electron chi connectivity index (χ3n) is 4.79. The average molecular weight is 509 g/mol. The molecule has 3 aromatic rings. The van der Waals surface area contributed by atoms with Gasteiger partial charge in [0.1, 0.15) is 18.0 Å². The lowest BCUT2D eigenvalue weighted by Crippen LogP contribution is -2.26. The number of alkyl carbamates (subject to hydrolysis) is 1. The highest BCUT2D eigenvalue weighted by molar-refractivity contribution is 5.94. The Kier molecular flexibility index (Phi) is 9.71. The number of non-ortho nitro benzene ring substituents is 1. The van der Waals surface area contributed by atoms with Crippen LogP contribution in [-0.2, 0) is 16.1 Å². The number of nitro benzene ring substituents is 1. The number of carbonyl (C=O) groups excluding carboxylic acids is 2. The van der Waals surface area contributed by atoms with Crippen LogP contribution >= 0.6 is 0 Å². The molecule has 12 heteroatoms. The van der Waals surface area contributed by atoms with Crippen molar-refractivity contribution in [1.82, 2.24) is 15.3 Å². The smallest absolute Gasteiger partial charge is 0.407 e. The summed E-state index contributed by atoms with van der Waals surface area (Å²) >= 11 is 0. The zero-order valence-corrected chi connectivity index (χ0v) is 20.5. The number of amides is 1. The lowest BCUT2D eigenvalue weighted by Gasteiger charge is -2.14. The Bertz CT molecular complexity index is 1220. The summed E-state index contributed by atoms with van der Waals surface area (Å²) in [6, 6.07) is 15.2. The normalized spacial score (nSPS) is 10.5. The number of carbonyl (C=O) groups is 2. The molecule has 0 saturated carbocycles. The van der Waals surface area contributed by atoms with Gasteiger partial charge in [-0.05, 0) is 31.9 Å². The Labute approximate surface area is 213 Å². The molecule has 0 bridgehead atoms. The Morgan fingerprint density at radius 2 is 1.86 bits per heavy atom. The van der Waals surface area contributed by atoms with E-state index in [0.717, 1.165) is 5.56 Å². The molecule has 3 N–H and O–H groups in total. The van der Waals surface area contributed by atoms with Crippen LogP contribution in [0.1, 0.15) is 36.2 Å². The number of nitro groups is 1. The van der Waals surface area contributed by atoms with Crippen LogP contribution in [-0.4, -0.2) is 46.1 Å². The van der Waals surface area contributed by atoms with Crippen LogP contribution in [0.25, 0.3) is 0 Å². The van der Waals surface area contributed by atoms with Crippen molar-refractivity contribution in [1.29, 1.82) is 0 Å². The summed E-state index contributed by atoms with van der Waals surface area (Å²) in [7, 11) is 0. The predicted molar refractivity (Wildman–Crippen MR) is 137 cm³/mol.